The van der Waals surface area contributed by atoms with Crippen LogP contribution < -0.4 is 4.90 Å². The zero-order chi connectivity index (χ0) is 25.7. The summed E-state index contributed by atoms with van der Waals surface area (Å²) in [6, 6.07) is 13.9. The number of amides is 1. The van der Waals surface area contributed by atoms with Crippen LogP contribution in [0.2, 0.25) is 5.02 Å². The van der Waals surface area contributed by atoms with Crippen molar-refractivity contribution in [1.29, 1.82) is 0 Å². The predicted molar refractivity (Wildman–Crippen MR) is 142 cm³/mol. The number of hydrogen-bond acceptors (Lipinski definition) is 4. The van der Waals surface area contributed by atoms with Gasteiger partial charge in [-0.15, -0.1) is 0 Å². The van der Waals surface area contributed by atoms with Crippen molar-refractivity contribution in [3.63, 3.8) is 0 Å². The highest BCUT2D eigenvalue weighted by Gasteiger charge is 2.54. The quantitative estimate of drug-likeness (QED) is 0.329. The van der Waals surface area contributed by atoms with Crippen LogP contribution in [-0.4, -0.2) is 31.3 Å². The zero-order valence-corrected chi connectivity index (χ0v) is 22.2. The molecule has 0 spiro atoms. The third-order valence-electron chi connectivity index (χ3n) is 8.45. The lowest BCUT2D eigenvalue weighted by Gasteiger charge is -2.51. The van der Waals surface area contributed by atoms with Gasteiger partial charge in [-0.05, 0) is 72.9 Å². The van der Waals surface area contributed by atoms with Crippen molar-refractivity contribution in [3.8, 4) is 0 Å². The van der Waals surface area contributed by atoms with E-state index in [-0.39, 0.29) is 23.9 Å². The molecule has 0 saturated carbocycles. The zero-order valence-electron chi connectivity index (χ0n) is 21.4. The Balaban J connectivity index is 1.30. The molecule has 4 atom stereocenters. The van der Waals surface area contributed by atoms with E-state index in [1.165, 1.54) is 21.6 Å². The molecule has 5 nitrogen and oxygen atoms in total. The number of nitrogens with zero attached hydrogens (tertiary/aromatic N) is 1. The summed E-state index contributed by atoms with van der Waals surface area (Å²) in [5.74, 6) is 0.370. The molecule has 2 aromatic rings. The third-order valence-corrected chi connectivity index (χ3v) is 8.68. The number of carbonyl (C=O) groups is 2. The summed E-state index contributed by atoms with van der Waals surface area (Å²) in [5.41, 5.74) is 3.92. The molecule has 1 amide bonds. The Morgan fingerprint density at radius 3 is 2.78 bits per heavy atom. The lowest BCUT2D eigenvalue weighted by molar-refractivity contribution is -0.160. The fourth-order valence-electron chi connectivity index (χ4n) is 6.42. The molecule has 0 N–H and O–H groups in total. The molecule has 0 aromatic heterocycles. The van der Waals surface area contributed by atoms with E-state index in [0.717, 1.165) is 19.3 Å². The van der Waals surface area contributed by atoms with Gasteiger partial charge in [-0.25, -0.2) is 4.79 Å². The average molecular weight is 508 g/mol. The van der Waals surface area contributed by atoms with Crippen LogP contribution in [-0.2, 0) is 26.1 Å². The second-order valence-electron chi connectivity index (χ2n) is 11.2. The maximum absolute atomic E-state index is 13.6. The molecule has 190 valence electrons. The maximum atomic E-state index is 13.6. The lowest BCUT2D eigenvalue weighted by atomic mass is 9.52. The highest BCUT2D eigenvalue weighted by Crippen LogP contribution is 2.55. The van der Waals surface area contributed by atoms with Gasteiger partial charge in [0.15, 0.2) is 6.10 Å². The lowest BCUT2D eigenvalue weighted by Crippen LogP contribution is -2.51. The van der Waals surface area contributed by atoms with Crippen LogP contribution in [0.3, 0.4) is 0 Å². The number of aryl methyl sites for hydroxylation is 1. The van der Waals surface area contributed by atoms with E-state index in [4.69, 9.17) is 21.1 Å². The number of ether oxygens (including phenoxy) is 2. The van der Waals surface area contributed by atoms with Gasteiger partial charge < -0.3 is 9.47 Å². The van der Waals surface area contributed by atoms with Crippen LogP contribution in [0.15, 0.2) is 54.6 Å². The Hall–Kier alpha value is -2.79. The molecule has 2 aromatic carbocycles. The average Bonchev–Trinajstić information content (AvgIpc) is 3.22. The number of rotatable bonds is 5. The molecule has 3 aliphatic rings. The van der Waals surface area contributed by atoms with Crippen molar-refractivity contribution in [2.24, 2.45) is 11.3 Å². The summed E-state index contributed by atoms with van der Waals surface area (Å²) in [6.45, 7) is 9.08. The van der Waals surface area contributed by atoms with Gasteiger partial charge in [0.2, 0.25) is 0 Å². The minimum absolute atomic E-state index is 0.0306. The smallest absolute Gasteiger partial charge is 0.414 e. The first-order valence-electron chi connectivity index (χ1n) is 12.8. The summed E-state index contributed by atoms with van der Waals surface area (Å²) >= 11 is 6.08. The van der Waals surface area contributed by atoms with E-state index >= 15 is 0 Å². The molecule has 0 radical (unpaired) electrons. The van der Waals surface area contributed by atoms with Crippen molar-refractivity contribution in [3.05, 3.63) is 76.3 Å². The first-order chi connectivity index (χ1) is 17.1. The van der Waals surface area contributed by atoms with Crippen LogP contribution >= 0.6 is 11.6 Å². The number of fused-ring (bicyclic) bond motifs is 3. The molecule has 1 aliphatic heterocycles. The van der Waals surface area contributed by atoms with Crippen molar-refractivity contribution >= 4 is 29.4 Å². The number of halogens is 1. The topological polar surface area (TPSA) is 55.8 Å². The molecule has 2 unspecified atom stereocenters. The number of esters is 1. The largest absolute Gasteiger partial charge is 0.461 e. The number of benzene rings is 2. The van der Waals surface area contributed by atoms with Crippen molar-refractivity contribution in [2.75, 3.05) is 18.1 Å². The molecule has 5 rings (SSSR count). The van der Waals surface area contributed by atoms with Crippen LogP contribution in [0.1, 0.15) is 63.1 Å². The van der Waals surface area contributed by atoms with E-state index in [9.17, 15) is 9.59 Å². The number of anilines is 1. The number of hydrogen-bond donors (Lipinski definition) is 0. The van der Waals surface area contributed by atoms with Crippen LogP contribution in [0, 0.1) is 11.3 Å². The van der Waals surface area contributed by atoms with Crippen LogP contribution in [0.5, 0.6) is 0 Å². The van der Waals surface area contributed by atoms with Gasteiger partial charge in [0.05, 0.1) is 12.0 Å². The molecule has 36 heavy (non-hydrogen) atoms. The molecule has 2 aliphatic carbocycles. The summed E-state index contributed by atoms with van der Waals surface area (Å²) in [7, 11) is 0. The normalized spacial score (nSPS) is 29.1. The number of allylic oxidation sites excluding steroid dienone is 1. The number of carbonyl (C=O) groups excluding carboxylic acids is 2. The summed E-state index contributed by atoms with van der Waals surface area (Å²) in [4.78, 5) is 27.5. The molecule has 1 heterocycles. The molecule has 6 heteroatoms. The first-order valence-corrected chi connectivity index (χ1v) is 13.2. The SMILES string of the molecule is CC(C)c1ccc2c(c1)CCC1[C@](C)(C(=O)OCC3CN(c4cccc(Cl)c4)C(=O)O3)C=CC[C@]21C. The summed E-state index contributed by atoms with van der Waals surface area (Å²) < 4.78 is 11.3. The van der Waals surface area contributed by atoms with Gasteiger partial charge in [-0.3, -0.25) is 9.69 Å². The molecule has 1 saturated heterocycles. The molecular weight excluding hydrogens is 474 g/mol. The highest BCUT2D eigenvalue weighted by molar-refractivity contribution is 6.30. The van der Waals surface area contributed by atoms with Gasteiger partial charge in [0, 0.05) is 16.1 Å². The Labute approximate surface area is 218 Å². The van der Waals surface area contributed by atoms with Gasteiger partial charge >= 0.3 is 12.1 Å². The minimum Gasteiger partial charge on any atom is -0.461 e. The molecule has 0 bridgehead atoms. The Morgan fingerprint density at radius 2 is 2.03 bits per heavy atom. The first kappa shape index (κ1) is 24.9. The standard InChI is InChI=1S/C30H34ClNO4/c1-19(2)20-9-11-25-21(15-20)10-12-26-29(25,3)13-6-14-30(26,4)27(33)35-18-24-17-32(28(34)36-24)23-8-5-7-22(31)16-23/h5-9,11,14-16,19,24,26H,10,12-13,17-18H2,1-4H3/t24?,26?,29-,30-/m1/s1. The second kappa shape index (κ2) is 9.26. The van der Waals surface area contributed by atoms with E-state index in [1.54, 1.807) is 24.3 Å². The van der Waals surface area contributed by atoms with Crippen LogP contribution in [0.4, 0.5) is 10.5 Å². The van der Waals surface area contributed by atoms with Crippen molar-refractivity contribution in [1.82, 2.24) is 0 Å². The third kappa shape index (κ3) is 4.21. The predicted octanol–water partition coefficient (Wildman–Crippen LogP) is 6.82. The molecule has 1 fully saturated rings. The van der Waals surface area contributed by atoms with Crippen molar-refractivity contribution < 1.29 is 19.1 Å². The summed E-state index contributed by atoms with van der Waals surface area (Å²) in [5, 5.41) is 0.546. The van der Waals surface area contributed by atoms with Gasteiger partial charge in [-0.1, -0.05) is 68.8 Å². The Kier molecular flexibility index (Phi) is 6.40. The van der Waals surface area contributed by atoms with Gasteiger partial charge in [0.1, 0.15) is 6.61 Å². The fourth-order valence-corrected chi connectivity index (χ4v) is 6.60. The minimum atomic E-state index is -0.739. The van der Waals surface area contributed by atoms with E-state index in [2.05, 4.69) is 45.0 Å². The van der Waals surface area contributed by atoms with Crippen molar-refractivity contribution in [2.45, 2.75) is 64.4 Å². The Morgan fingerprint density at radius 1 is 1.22 bits per heavy atom. The van der Waals surface area contributed by atoms with E-state index in [0.29, 0.717) is 23.2 Å². The van der Waals surface area contributed by atoms with Gasteiger partial charge in [-0.2, -0.15) is 0 Å². The van der Waals surface area contributed by atoms with E-state index in [1.807, 2.05) is 13.0 Å². The monoisotopic (exact) mass is 507 g/mol. The van der Waals surface area contributed by atoms with E-state index < -0.39 is 17.6 Å². The van der Waals surface area contributed by atoms with Gasteiger partial charge in [0.25, 0.3) is 0 Å². The maximum Gasteiger partial charge on any atom is 0.414 e. The second-order valence-corrected chi connectivity index (χ2v) is 11.6. The Bertz CT molecular complexity index is 1220. The summed E-state index contributed by atoms with van der Waals surface area (Å²) in [6.07, 6.45) is 5.99. The highest BCUT2D eigenvalue weighted by atomic mass is 35.5. The van der Waals surface area contributed by atoms with Crippen LogP contribution in [0.25, 0.3) is 0 Å². The fraction of sp³-hybridized carbons (Fsp3) is 0.467. The molecular formula is C30H34ClNO4. The number of cyclic esters (lactones) is 1.